The minimum atomic E-state index is -0.840. The second-order valence-corrected chi connectivity index (χ2v) is 3.00. The third-order valence-electron chi connectivity index (χ3n) is 2.04. The molecule has 6 nitrogen and oxygen atoms in total. The number of carbonyl (C=O) groups is 2. The van der Waals surface area contributed by atoms with Crippen LogP contribution < -0.4 is 5.73 Å². The van der Waals surface area contributed by atoms with Crippen LogP contribution in [0, 0.1) is 0 Å². The number of hydrogen-bond donors (Lipinski definition) is 2. The van der Waals surface area contributed by atoms with E-state index in [0.717, 1.165) is 0 Å². The normalized spacial score (nSPS) is 18.6. The zero-order valence-corrected chi connectivity index (χ0v) is 7.27. The van der Waals surface area contributed by atoms with Gasteiger partial charge in [-0.05, 0) is 0 Å². The van der Waals surface area contributed by atoms with E-state index in [1.807, 2.05) is 0 Å². The first-order chi connectivity index (χ1) is 6.09. The van der Waals surface area contributed by atoms with E-state index in [-0.39, 0.29) is 6.54 Å². The maximum absolute atomic E-state index is 10.7. The van der Waals surface area contributed by atoms with E-state index in [4.69, 9.17) is 10.8 Å². The van der Waals surface area contributed by atoms with Gasteiger partial charge < -0.3 is 15.7 Å². The smallest absolute Gasteiger partial charge is 0.317 e. The third kappa shape index (κ3) is 2.90. The van der Waals surface area contributed by atoms with Crippen LogP contribution in [0.4, 0.5) is 4.79 Å². The van der Waals surface area contributed by atoms with Crippen molar-refractivity contribution in [1.29, 1.82) is 0 Å². The van der Waals surface area contributed by atoms with Crippen molar-refractivity contribution in [2.45, 2.75) is 0 Å². The summed E-state index contributed by atoms with van der Waals surface area (Å²) in [5, 5.41) is 8.49. The van der Waals surface area contributed by atoms with Crippen LogP contribution in [-0.4, -0.2) is 59.6 Å². The van der Waals surface area contributed by atoms with E-state index in [1.54, 1.807) is 4.90 Å². The molecule has 0 saturated carbocycles. The second kappa shape index (κ2) is 4.08. The molecular weight excluding hydrogens is 174 g/mol. The van der Waals surface area contributed by atoms with Crippen LogP contribution in [0.2, 0.25) is 0 Å². The number of rotatable bonds is 2. The van der Waals surface area contributed by atoms with Crippen molar-refractivity contribution in [3.63, 3.8) is 0 Å². The highest BCUT2D eigenvalue weighted by Gasteiger charge is 2.20. The molecule has 1 aliphatic rings. The zero-order chi connectivity index (χ0) is 9.84. The van der Waals surface area contributed by atoms with Crippen molar-refractivity contribution in [2.75, 3.05) is 32.7 Å². The average molecular weight is 187 g/mol. The summed E-state index contributed by atoms with van der Waals surface area (Å²) in [5.74, 6) is -0.840. The van der Waals surface area contributed by atoms with Crippen LogP contribution in [0.15, 0.2) is 0 Å². The van der Waals surface area contributed by atoms with Crippen LogP contribution in [0.25, 0.3) is 0 Å². The Balaban J connectivity index is 2.30. The number of urea groups is 1. The number of carboxylic acid groups (broad SMARTS) is 1. The number of hydrogen-bond acceptors (Lipinski definition) is 3. The Morgan fingerprint density at radius 1 is 1.23 bits per heavy atom. The Hall–Kier alpha value is -1.30. The van der Waals surface area contributed by atoms with Crippen LogP contribution >= 0.6 is 0 Å². The molecule has 1 fully saturated rings. The van der Waals surface area contributed by atoms with E-state index >= 15 is 0 Å². The summed E-state index contributed by atoms with van der Waals surface area (Å²) in [4.78, 5) is 24.3. The molecule has 0 aliphatic carbocycles. The van der Waals surface area contributed by atoms with E-state index in [2.05, 4.69) is 0 Å². The quantitative estimate of drug-likeness (QED) is 0.566. The fourth-order valence-electron chi connectivity index (χ4n) is 1.32. The minimum absolute atomic E-state index is 0.0343. The Kier molecular flexibility index (Phi) is 3.07. The number of nitrogens with zero attached hydrogens (tertiary/aromatic N) is 2. The number of piperazine rings is 1. The first kappa shape index (κ1) is 9.79. The molecule has 1 aliphatic heterocycles. The van der Waals surface area contributed by atoms with Gasteiger partial charge in [0.2, 0.25) is 0 Å². The Labute approximate surface area is 75.9 Å². The monoisotopic (exact) mass is 187 g/mol. The van der Waals surface area contributed by atoms with Crippen LogP contribution in [0.1, 0.15) is 0 Å². The Morgan fingerprint density at radius 2 is 1.77 bits per heavy atom. The van der Waals surface area contributed by atoms with Gasteiger partial charge in [-0.25, -0.2) is 4.79 Å². The molecule has 1 saturated heterocycles. The molecule has 6 heteroatoms. The standard InChI is InChI=1S/C7H13N3O3/c8-7(13)10-3-1-9(2-4-10)5-6(11)12/h1-5H2,(H2,8,13)(H,11,12). The van der Waals surface area contributed by atoms with Gasteiger partial charge in [0.15, 0.2) is 0 Å². The molecule has 1 rings (SSSR count). The first-order valence-corrected chi connectivity index (χ1v) is 4.08. The van der Waals surface area contributed by atoms with Crippen molar-refractivity contribution in [2.24, 2.45) is 5.73 Å². The predicted molar refractivity (Wildman–Crippen MR) is 45.2 cm³/mol. The molecular formula is C7H13N3O3. The number of carbonyl (C=O) groups excluding carboxylic acids is 1. The van der Waals surface area contributed by atoms with Crippen molar-refractivity contribution >= 4 is 12.0 Å². The van der Waals surface area contributed by atoms with E-state index in [9.17, 15) is 9.59 Å². The molecule has 0 unspecified atom stereocenters. The lowest BCUT2D eigenvalue weighted by Crippen LogP contribution is -2.51. The fraction of sp³-hybridized carbons (Fsp3) is 0.714. The average Bonchev–Trinajstić information content (AvgIpc) is 2.04. The molecule has 2 amide bonds. The van der Waals surface area contributed by atoms with Crippen molar-refractivity contribution < 1.29 is 14.7 Å². The van der Waals surface area contributed by atoms with Crippen molar-refractivity contribution in [3.8, 4) is 0 Å². The van der Waals surface area contributed by atoms with Gasteiger partial charge in [0.25, 0.3) is 0 Å². The Morgan fingerprint density at radius 3 is 2.15 bits per heavy atom. The van der Waals surface area contributed by atoms with E-state index in [0.29, 0.717) is 26.2 Å². The van der Waals surface area contributed by atoms with Gasteiger partial charge in [0.1, 0.15) is 0 Å². The molecule has 0 spiro atoms. The fourth-order valence-corrected chi connectivity index (χ4v) is 1.32. The molecule has 0 aromatic rings. The molecule has 3 N–H and O–H groups in total. The molecule has 0 bridgehead atoms. The summed E-state index contributed by atoms with van der Waals surface area (Å²) in [6.45, 7) is 2.22. The van der Waals surface area contributed by atoms with Gasteiger partial charge in [-0.15, -0.1) is 0 Å². The summed E-state index contributed by atoms with van der Waals surface area (Å²) in [6, 6.07) is -0.435. The lowest BCUT2D eigenvalue weighted by atomic mass is 10.3. The largest absolute Gasteiger partial charge is 0.480 e. The Bertz CT molecular complexity index is 211. The third-order valence-corrected chi connectivity index (χ3v) is 2.04. The lowest BCUT2D eigenvalue weighted by molar-refractivity contribution is -0.138. The van der Waals surface area contributed by atoms with Gasteiger partial charge in [0.05, 0.1) is 6.54 Å². The van der Waals surface area contributed by atoms with Gasteiger partial charge in [-0.2, -0.15) is 0 Å². The maximum atomic E-state index is 10.7. The van der Waals surface area contributed by atoms with E-state index < -0.39 is 12.0 Å². The summed E-state index contributed by atoms with van der Waals surface area (Å²) >= 11 is 0. The number of amides is 2. The van der Waals surface area contributed by atoms with Crippen LogP contribution in [-0.2, 0) is 4.79 Å². The van der Waals surface area contributed by atoms with Gasteiger partial charge >= 0.3 is 12.0 Å². The number of primary amides is 1. The molecule has 1 heterocycles. The van der Waals surface area contributed by atoms with Gasteiger partial charge in [-0.1, -0.05) is 0 Å². The zero-order valence-electron chi connectivity index (χ0n) is 7.27. The van der Waals surface area contributed by atoms with Crippen molar-refractivity contribution in [3.05, 3.63) is 0 Å². The number of nitrogens with two attached hydrogens (primary N) is 1. The molecule has 0 aromatic carbocycles. The number of aliphatic carboxylic acids is 1. The highest BCUT2D eigenvalue weighted by Crippen LogP contribution is 2.00. The van der Waals surface area contributed by atoms with Crippen LogP contribution in [0.3, 0.4) is 0 Å². The minimum Gasteiger partial charge on any atom is -0.480 e. The van der Waals surface area contributed by atoms with Crippen molar-refractivity contribution in [1.82, 2.24) is 9.80 Å². The van der Waals surface area contributed by atoms with Crippen LogP contribution in [0.5, 0.6) is 0 Å². The topological polar surface area (TPSA) is 86.9 Å². The molecule has 74 valence electrons. The van der Waals surface area contributed by atoms with E-state index in [1.165, 1.54) is 4.90 Å². The summed E-state index contributed by atoms with van der Waals surface area (Å²) in [7, 11) is 0. The highest BCUT2D eigenvalue weighted by molar-refractivity contribution is 5.72. The molecule has 0 aromatic heterocycles. The van der Waals surface area contributed by atoms with Gasteiger partial charge in [-0.3, -0.25) is 9.69 Å². The summed E-state index contributed by atoms with van der Waals surface area (Å²) in [5.41, 5.74) is 5.07. The maximum Gasteiger partial charge on any atom is 0.317 e. The number of carboxylic acids is 1. The molecule has 0 atom stereocenters. The first-order valence-electron chi connectivity index (χ1n) is 4.08. The van der Waals surface area contributed by atoms with Gasteiger partial charge in [0, 0.05) is 26.2 Å². The highest BCUT2D eigenvalue weighted by atomic mass is 16.4. The summed E-state index contributed by atoms with van der Waals surface area (Å²) in [6.07, 6.45) is 0. The SMILES string of the molecule is NC(=O)N1CCN(CC(=O)O)CC1. The second-order valence-electron chi connectivity index (χ2n) is 3.00. The lowest BCUT2D eigenvalue weighted by Gasteiger charge is -2.32. The molecule has 13 heavy (non-hydrogen) atoms. The molecule has 0 radical (unpaired) electrons. The summed E-state index contributed by atoms with van der Waals surface area (Å²) < 4.78 is 0. The predicted octanol–water partition coefficient (Wildman–Crippen LogP) is -1.23.